The second-order valence-corrected chi connectivity index (χ2v) is 7.47. The topological polar surface area (TPSA) is 91.4 Å². The summed E-state index contributed by atoms with van der Waals surface area (Å²) in [5, 5.41) is 5.94. The van der Waals surface area contributed by atoms with Crippen LogP contribution in [0.15, 0.2) is 24.3 Å². The first-order valence-corrected chi connectivity index (χ1v) is 9.60. The summed E-state index contributed by atoms with van der Waals surface area (Å²) >= 11 is 1.35. The Labute approximate surface area is 155 Å². The monoisotopic (exact) mass is 374 g/mol. The van der Waals surface area contributed by atoms with Crippen LogP contribution in [0.2, 0.25) is 0 Å². The van der Waals surface area contributed by atoms with Crippen molar-refractivity contribution in [2.45, 2.75) is 45.1 Å². The fourth-order valence-electron chi connectivity index (χ4n) is 3.37. The number of carbonyl (C=O) groups is 3. The third kappa shape index (κ3) is 3.41. The van der Waals surface area contributed by atoms with Crippen molar-refractivity contribution in [2.24, 2.45) is 0 Å². The van der Waals surface area contributed by atoms with Crippen molar-refractivity contribution in [3.63, 3.8) is 0 Å². The molecule has 1 aromatic carbocycles. The van der Waals surface area contributed by atoms with Crippen LogP contribution >= 0.6 is 11.3 Å². The standard InChI is InChI=1S/C18H22N4O3S/c1-3-9-18(10-4-2)15(24)22(17(25)21-18)11-14(23)20-16-19-12-7-5-6-8-13(12)26-16/h5-8H,3-4,9-11H2,1-2H3,(H,21,25)(H,19,20,23). The van der Waals surface area contributed by atoms with Crippen LogP contribution in [0.25, 0.3) is 10.2 Å². The van der Waals surface area contributed by atoms with Crippen LogP contribution in [0, 0.1) is 0 Å². The lowest BCUT2D eigenvalue weighted by Gasteiger charge is -2.25. The Morgan fingerprint density at radius 2 is 1.92 bits per heavy atom. The molecule has 8 heteroatoms. The van der Waals surface area contributed by atoms with Crippen LogP contribution in [-0.2, 0) is 9.59 Å². The Balaban J connectivity index is 1.70. The molecule has 2 aromatic rings. The molecule has 0 spiro atoms. The maximum absolute atomic E-state index is 12.8. The van der Waals surface area contributed by atoms with Gasteiger partial charge >= 0.3 is 6.03 Å². The average Bonchev–Trinajstić information content (AvgIpc) is 3.09. The van der Waals surface area contributed by atoms with Crippen LogP contribution in [0.5, 0.6) is 0 Å². The highest BCUT2D eigenvalue weighted by Crippen LogP contribution is 2.28. The van der Waals surface area contributed by atoms with Gasteiger partial charge in [0.2, 0.25) is 5.91 Å². The predicted molar refractivity (Wildman–Crippen MR) is 101 cm³/mol. The highest BCUT2D eigenvalue weighted by molar-refractivity contribution is 7.22. The predicted octanol–water partition coefficient (Wildman–Crippen LogP) is 3.13. The molecule has 0 bridgehead atoms. The van der Waals surface area contributed by atoms with Crippen LogP contribution in [0.4, 0.5) is 9.93 Å². The molecule has 0 radical (unpaired) electrons. The van der Waals surface area contributed by atoms with E-state index in [0.717, 1.165) is 28.0 Å². The summed E-state index contributed by atoms with van der Waals surface area (Å²) in [5.41, 5.74) is -0.0795. The fourth-order valence-corrected chi connectivity index (χ4v) is 4.25. The molecule has 1 aliphatic rings. The van der Waals surface area contributed by atoms with E-state index in [1.54, 1.807) is 0 Å². The largest absolute Gasteiger partial charge is 0.325 e. The molecule has 1 aromatic heterocycles. The normalized spacial score (nSPS) is 16.2. The number of nitrogens with zero attached hydrogens (tertiary/aromatic N) is 2. The van der Waals surface area contributed by atoms with Crippen LogP contribution in [0.3, 0.4) is 0 Å². The van der Waals surface area contributed by atoms with Gasteiger partial charge in [-0.3, -0.25) is 14.5 Å². The van der Waals surface area contributed by atoms with Crippen molar-refractivity contribution in [2.75, 3.05) is 11.9 Å². The number of carbonyl (C=O) groups excluding carboxylic acids is 3. The Kier molecular flexibility index (Phi) is 5.22. The summed E-state index contributed by atoms with van der Waals surface area (Å²) in [7, 11) is 0. The lowest BCUT2D eigenvalue weighted by Crippen LogP contribution is -2.47. The number of rotatable bonds is 7. The zero-order valence-electron chi connectivity index (χ0n) is 14.9. The molecule has 1 saturated heterocycles. The number of anilines is 1. The Morgan fingerprint density at radius 1 is 1.23 bits per heavy atom. The molecular weight excluding hydrogens is 352 g/mol. The van der Waals surface area contributed by atoms with Gasteiger partial charge in [-0.15, -0.1) is 0 Å². The van der Waals surface area contributed by atoms with Crippen molar-refractivity contribution in [3.05, 3.63) is 24.3 Å². The van der Waals surface area contributed by atoms with Crippen molar-refractivity contribution in [1.29, 1.82) is 0 Å². The number of thiazole rings is 1. The maximum atomic E-state index is 12.8. The molecule has 4 amide bonds. The smallest absolute Gasteiger partial charge is 0.323 e. The van der Waals surface area contributed by atoms with Gasteiger partial charge in [-0.1, -0.05) is 50.2 Å². The summed E-state index contributed by atoms with van der Waals surface area (Å²) < 4.78 is 0.961. The molecule has 3 rings (SSSR count). The van der Waals surface area contributed by atoms with Gasteiger partial charge in [0, 0.05) is 0 Å². The number of fused-ring (bicyclic) bond motifs is 1. The van der Waals surface area contributed by atoms with Gasteiger partial charge in [0.05, 0.1) is 10.2 Å². The lowest BCUT2D eigenvalue weighted by atomic mass is 9.88. The highest BCUT2D eigenvalue weighted by Gasteiger charge is 2.50. The molecular formula is C18H22N4O3S. The number of hydrogen-bond acceptors (Lipinski definition) is 5. The van der Waals surface area contributed by atoms with Crippen LogP contribution in [0.1, 0.15) is 39.5 Å². The van der Waals surface area contributed by atoms with E-state index in [1.807, 2.05) is 38.1 Å². The van der Waals surface area contributed by atoms with E-state index in [0.29, 0.717) is 18.0 Å². The first kappa shape index (κ1) is 18.3. The number of benzene rings is 1. The molecule has 0 saturated carbocycles. The first-order chi connectivity index (χ1) is 12.5. The number of urea groups is 1. The summed E-state index contributed by atoms with van der Waals surface area (Å²) in [4.78, 5) is 42.8. The summed E-state index contributed by atoms with van der Waals surface area (Å²) in [6.45, 7) is 3.63. The summed E-state index contributed by atoms with van der Waals surface area (Å²) in [5.74, 6) is -0.748. The zero-order valence-corrected chi connectivity index (χ0v) is 15.7. The summed E-state index contributed by atoms with van der Waals surface area (Å²) in [6.07, 6.45) is 2.69. The quantitative estimate of drug-likeness (QED) is 0.729. The number of para-hydroxylation sites is 1. The second-order valence-electron chi connectivity index (χ2n) is 6.44. The number of imide groups is 1. The maximum Gasteiger partial charge on any atom is 0.325 e. The number of nitrogens with one attached hydrogen (secondary N) is 2. The molecule has 0 aliphatic carbocycles. The van der Waals surface area contributed by atoms with Gasteiger partial charge in [-0.05, 0) is 25.0 Å². The zero-order chi connectivity index (χ0) is 18.7. The third-order valence-electron chi connectivity index (χ3n) is 4.44. The average molecular weight is 374 g/mol. The van der Waals surface area contributed by atoms with E-state index in [4.69, 9.17) is 0 Å². The van der Waals surface area contributed by atoms with Gasteiger partial charge in [0.1, 0.15) is 12.1 Å². The fraction of sp³-hybridized carbons (Fsp3) is 0.444. The molecule has 1 aliphatic heterocycles. The van der Waals surface area contributed by atoms with Crippen molar-refractivity contribution >= 4 is 44.5 Å². The molecule has 1 fully saturated rings. The van der Waals surface area contributed by atoms with E-state index in [9.17, 15) is 14.4 Å². The number of amides is 4. The van der Waals surface area contributed by atoms with Crippen LogP contribution in [-0.4, -0.2) is 39.8 Å². The molecule has 0 unspecified atom stereocenters. The molecule has 7 nitrogen and oxygen atoms in total. The molecule has 2 N–H and O–H groups in total. The Bertz CT molecular complexity index is 809. The van der Waals surface area contributed by atoms with Gasteiger partial charge in [-0.2, -0.15) is 0 Å². The van der Waals surface area contributed by atoms with Crippen molar-refractivity contribution in [1.82, 2.24) is 15.2 Å². The van der Waals surface area contributed by atoms with E-state index < -0.39 is 17.5 Å². The van der Waals surface area contributed by atoms with Crippen molar-refractivity contribution in [3.8, 4) is 0 Å². The van der Waals surface area contributed by atoms with Crippen molar-refractivity contribution < 1.29 is 14.4 Å². The summed E-state index contributed by atoms with van der Waals surface area (Å²) in [6, 6.07) is 7.06. The van der Waals surface area contributed by atoms with Gasteiger partial charge in [0.25, 0.3) is 5.91 Å². The first-order valence-electron chi connectivity index (χ1n) is 8.78. The molecule has 0 atom stereocenters. The number of aromatic nitrogens is 1. The Morgan fingerprint density at radius 3 is 2.58 bits per heavy atom. The highest BCUT2D eigenvalue weighted by atomic mass is 32.1. The van der Waals surface area contributed by atoms with E-state index >= 15 is 0 Å². The Hall–Kier alpha value is -2.48. The SMILES string of the molecule is CCCC1(CCC)NC(=O)N(CC(=O)Nc2nc3ccccc3s2)C1=O. The molecule has 26 heavy (non-hydrogen) atoms. The second kappa shape index (κ2) is 7.41. The minimum atomic E-state index is -0.878. The van der Waals surface area contributed by atoms with E-state index in [-0.39, 0.29) is 12.5 Å². The van der Waals surface area contributed by atoms with E-state index in [2.05, 4.69) is 15.6 Å². The number of hydrogen-bond donors (Lipinski definition) is 2. The van der Waals surface area contributed by atoms with Crippen LogP contribution < -0.4 is 10.6 Å². The van der Waals surface area contributed by atoms with Gasteiger partial charge < -0.3 is 10.6 Å². The van der Waals surface area contributed by atoms with Gasteiger partial charge in [0.15, 0.2) is 5.13 Å². The lowest BCUT2D eigenvalue weighted by molar-refractivity contribution is -0.134. The minimum Gasteiger partial charge on any atom is -0.323 e. The minimum absolute atomic E-state index is 0.310. The molecule has 138 valence electrons. The third-order valence-corrected chi connectivity index (χ3v) is 5.39. The van der Waals surface area contributed by atoms with Gasteiger partial charge in [-0.25, -0.2) is 9.78 Å². The van der Waals surface area contributed by atoms with E-state index in [1.165, 1.54) is 11.3 Å². The molecule has 2 heterocycles.